The molecule has 0 spiro atoms. The number of hydrogen-bond donors (Lipinski definition) is 1. The third-order valence-corrected chi connectivity index (χ3v) is 3.57. The lowest BCUT2D eigenvalue weighted by molar-refractivity contribution is -0.137. The number of carbonyl (C=O) groups excluding carboxylic acids is 1. The molecule has 1 N–H and O–H groups in total. The molecular formula is C10H20N2OS. The van der Waals surface area contributed by atoms with Gasteiger partial charge >= 0.3 is 0 Å². The molecule has 1 rings (SSSR count). The molecular weight excluding hydrogens is 196 g/mol. The van der Waals surface area contributed by atoms with Crippen molar-refractivity contribution in [3.05, 3.63) is 0 Å². The highest BCUT2D eigenvalue weighted by Gasteiger charge is 2.29. The van der Waals surface area contributed by atoms with Crippen LogP contribution in [0.25, 0.3) is 0 Å². The van der Waals surface area contributed by atoms with Crippen molar-refractivity contribution in [2.24, 2.45) is 5.92 Å². The standard InChI is InChI=1S/C10H20N2OS/c1-4-9(7-14-3)12(2)10(13)8-5-11-6-8/h8-9,11H,4-7H2,1-3H3. The Balaban J connectivity index is 2.43. The van der Waals surface area contributed by atoms with Crippen LogP contribution >= 0.6 is 11.8 Å². The summed E-state index contributed by atoms with van der Waals surface area (Å²) in [6.45, 7) is 3.86. The Hall–Kier alpha value is -0.220. The number of hydrogen-bond acceptors (Lipinski definition) is 3. The predicted molar refractivity (Wildman–Crippen MR) is 61.6 cm³/mol. The molecule has 0 radical (unpaired) electrons. The van der Waals surface area contributed by atoms with Crippen molar-refractivity contribution in [1.29, 1.82) is 0 Å². The Kier molecular flexibility index (Phi) is 4.75. The van der Waals surface area contributed by atoms with Gasteiger partial charge in [-0.1, -0.05) is 6.92 Å². The lowest BCUT2D eigenvalue weighted by Crippen LogP contribution is -2.53. The van der Waals surface area contributed by atoms with Crippen LogP contribution in [0.5, 0.6) is 0 Å². The highest BCUT2D eigenvalue weighted by atomic mass is 32.2. The fourth-order valence-electron chi connectivity index (χ4n) is 1.63. The molecule has 82 valence electrons. The van der Waals surface area contributed by atoms with Gasteiger partial charge in [0.05, 0.1) is 5.92 Å². The van der Waals surface area contributed by atoms with E-state index in [1.165, 1.54) is 0 Å². The van der Waals surface area contributed by atoms with E-state index in [4.69, 9.17) is 0 Å². The molecule has 1 atom stereocenters. The van der Waals surface area contributed by atoms with Gasteiger partial charge in [0.15, 0.2) is 0 Å². The first-order valence-corrected chi connectivity index (χ1v) is 6.56. The van der Waals surface area contributed by atoms with Crippen LogP contribution in [0.3, 0.4) is 0 Å². The van der Waals surface area contributed by atoms with E-state index in [0.29, 0.717) is 11.9 Å². The Morgan fingerprint density at radius 1 is 1.64 bits per heavy atom. The zero-order chi connectivity index (χ0) is 10.6. The fraction of sp³-hybridized carbons (Fsp3) is 0.900. The molecule has 0 saturated carbocycles. The maximum Gasteiger partial charge on any atom is 0.228 e. The van der Waals surface area contributed by atoms with Gasteiger partial charge in [0.25, 0.3) is 0 Å². The first kappa shape index (κ1) is 11.9. The molecule has 1 saturated heterocycles. The summed E-state index contributed by atoms with van der Waals surface area (Å²) in [5.41, 5.74) is 0. The lowest BCUT2D eigenvalue weighted by atomic mass is 10.0. The van der Waals surface area contributed by atoms with Crippen LogP contribution in [-0.4, -0.2) is 49.0 Å². The van der Waals surface area contributed by atoms with Gasteiger partial charge in [-0.15, -0.1) is 0 Å². The topological polar surface area (TPSA) is 32.3 Å². The van der Waals surface area contributed by atoms with Gasteiger partial charge in [-0.3, -0.25) is 4.79 Å². The molecule has 0 aliphatic carbocycles. The Labute approximate surface area is 90.6 Å². The quantitative estimate of drug-likeness (QED) is 0.738. The monoisotopic (exact) mass is 216 g/mol. The summed E-state index contributed by atoms with van der Waals surface area (Å²) in [5, 5.41) is 3.13. The second-order valence-corrected chi connectivity index (χ2v) is 4.73. The summed E-state index contributed by atoms with van der Waals surface area (Å²) in [6.07, 6.45) is 3.13. The van der Waals surface area contributed by atoms with Crippen molar-refractivity contribution in [2.75, 3.05) is 32.1 Å². The van der Waals surface area contributed by atoms with Crippen LogP contribution in [0.4, 0.5) is 0 Å². The predicted octanol–water partition coefficient (Wildman–Crippen LogP) is 0.806. The second kappa shape index (κ2) is 5.61. The smallest absolute Gasteiger partial charge is 0.228 e. The lowest BCUT2D eigenvalue weighted by Gasteiger charge is -2.34. The molecule has 14 heavy (non-hydrogen) atoms. The van der Waals surface area contributed by atoms with Gasteiger partial charge in [-0.2, -0.15) is 11.8 Å². The van der Waals surface area contributed by atoms with E-state index < -0.39 is 0 Å². The first-order valence-electron chi connectivity index (χ1n) is 5.17. The molecule has 0 bridgehead atoms. The SMILES string of the molecule is CCC(CSC)N(C)C(=O)C1CNC1. The van der Waals surface area contributed by atoms with E-state index in [1.54, 1.807) is 0 Å². The Morgan fingerprint density at radius 2 is 2.29 bits per heavy atom. The van der Waals surface area contributed by atoms with E-state index in [0.717, 1.165) is 25.3 Å². The van der Waals surface area contributed by atoms with Gasteiger partial charge in [-0.25, -0.2) is 0 Å². The molecule has 1 aliphatic heterocycles. The Bertz CT molecular complexity index is 195. The maximum absolute atomic E-state index is 11.9. The van der Waals surface area contributed by atoms with E-state index in [-0.39, 0.29) is 5.92 Å². The highest BCUT2D eigenvalue weighted by molar-refractivity contribution is 7.98. The van der Waals surface area contributed by atoms with Crippen LogP contribution in [0, 0.1) is 5.92 Å². The summed E-state index contributed by atoms with van der Waals surface area (Å²) in [7, 11) is 1.94. The zero-order valence-corrected chi connectivity index (χ0v) is 10.1. The maximum atomic E-state index is 11.9. The molecule has 0 aromatic carbocycles. The summed E-state index contributed by atoms with van der Waals surface area (Å²) < 4.78 is 0. The summed E-state index contributed by atoms with van der Waals surface area (Å²) >= 11 is 1.81. The van der Waals surface area contributed by atoms with Crippen molar-refractivity contribution >= 4 is 17.7 Å². The van der Waals surface area contributed by atoms with Gasteiger partial charge in [0.1, 0.15) is 0 Å². The van der Waals surface area contributed by atoms with E-state index in [9.17, 15) is 4.79 Å². The summed E-state index contributed by atoms with van der Waals surface area (Å²) in [5.74, 6) is 1.58. The van der Waals surface area contributed by atoms with Crippen molar-refractivity contribution in [2.45, 2.75) is 19.4 Å². The molecule has 3 nitrogen and oxygen atoms in total. The van der Waals surface area contributed by atoms with Crippen LogP contribution in [0.2, 0.25) is 0 Å². The summed E-state index contributed by atoms with van der Waals surface area (Å²) in [4.78, 5) is 13.8. The third-order valence-electron chi connectivity index (χ3n) is 2.86. The normalized spacial score (nSPS) is 18.8. The Morgan fingerprint density at radius 3 is 2.64 bits per heavy atom. The molecule has 4 heteroatoms. The van der Waals surface area contributed by atoms with Crippen molar-refractivity contribution < 1.29 is 4.79 Å². The fourth-order valence-corrected chi connectivity index (χ4v) is 2.47. The van der Waals surface area contributed by atoms with Crippen molar-refractivity contribution in [3.8, 4) is 0 Å². The molecule has 1 unspecified atom stereocenters. The highest BCUT2D eigenvalue weighted by Crippen LogP contribution is 2.13. The molecule has 0 aromatic rings. The summed E-state index contributed by atoms with van der Waals surface area (Å²) in [6, 6.07) is 0.401. The van der Waals surface area contributed by atoms with Crippen LogP contribution in [-0.2, 0) is 4.79 Å². The van der Waals surface area contributed by atoms with Gasteiger partial charge < -0.3 is 10.2 Å². The second-order valence-electron chi connectivity index (χ2n) is 3.82. The molecule has 0 aromatic heterocycles. The number of thioether (sulfide) groups is 1. The van der Waals surface area contributed by atoms with Crippen molar-refractivity contribution in [3.63, 3.8) is 0 Å². The van der Waals surface area contributed by atoms with E-state index >= 15 is 0 Å². The minimum atomic E-state index is 0.232. The zero-order valence-electron chi connectivity index (χ0n) is 9.25. The number of nitrogens with zero attached hydrogens (tertiary/aromatic N) is 1. The molecule has 1 heterocycles. The van der Waals surface area contributed by atoms with Gasteiger partial charge in [0.2, 0.25) is 5.91 Å². The molecule has 1 aliphatic rings. The number of rotatable bonds is 5. The van der Waals surface area contributed by atoms with Gasteiger partial charge in [-0.05, 0) is 12.7 Å². The molecule has 1 fully saturated rings. The van der Waals surface area contributed by atoms with Crippen LogP contribution in [0.1, 0.15) is 13.3 Å². The first-order chi connectivity index (χ1) is 6.70. The van der Waals surface area contributed by atoms with E-state index in [1.807, 2.05) is 23.7 Å². The minimum Gasteiger partial charge on any atom is -0.342 e. The van der Waals surface area contributed by atoms with Crippen LogP contribution in [0.15, 0.2) is 0 Å². The number of amides is 1. The van der Waals surface area contributed by atoms with E-state index in [2.05, 4.69) is 18.5 Å². The minimum absolute atomic E-state index is 0.232. The van der Waals surface area contributed by atoms with Crippen LogP contribution < -0.4 is 5.32 Å². The molecule has 1 amide bonds. The largest absolute Gasteiger partial charge is 0.342 e. The van der Waals surface area contributed by atoms with Crippen molar-refractivity contribution in [1.82, 2.24) is 10.2 Å². The number of carbonyl (C=O) groups is 1. The average Bonchev–Trinajstić information content (AvgIpc) is 2.10. The average molecular weight is 216 g/mol. The number of nitrogens with one attached hydrogen (secondary N) is 1. The van der Waals surface area contributed by atoms with Gasteiger partial charge in [0, 0.05) is 31.9 Å². The third kappa shape index (κ3) is 2.64.